The summed E-state index contributed by atoms with van der Waals surface area (Å²) < 4.78 is 11.7. The van der Waals surface area contributed by atoms with Crippen LogP contribution in [0.1, 0.15) is 20.4 Å². The van der Waals surface area contributed by atoms with E-state index in [1.54, 1.807) is 0 Å². The van der Waals surface area contributed by atoms with Crippen LogP contribution >= 0.6 is 11.3 Å². The van der Waals surface area contributed by atoms with Gasteiger partial charge in [0.25, 0.3) is 5.91 Å². The van der Waals surface area contributed by atoms with Gasteiger partial charge in [0.15, 0.2) is 0 Å². The zero-order valence-electron chi connectivity index (χ0n) is 15.2. The van der Waals surface area contributed by atoms with Crippen LogP contribution in [0, 0.1) is 13.8 Å². The Morgan fingerprint density at radius 2 is 2.19 bits per heavy atom. The number of carbonyl (C=O) groups excluding carboxylic acids is 1. The van der Waals surface area contributed by atoms with Gasteiger partial charge in [-0.1, -0.05) is 12.1 Å². The highest BCUT2D eigenvalue weighted by Crippen LogP contribution is 2.23. The lowest BCUT2D eigenvalue weighted by Gasteiger charge is -2.32. The van der Waals surface area contributed by atoms with Gasteiger partial charge in [0, 0.05) is 6.54 Å². The Kier molecular flexibility index (Phi) is 5.00. The number of carbonyl (C=O) groups is 1. The Balaban J connectivity index is 1.43. The smallest absolute Gasteiger partial charge is 0.266 e. The zero-order valence-corrected chi connectivity index (χ0v) is 16.0. The summed E-state index contributed by atoms with van der Waals surface area (Å²) in [6.45, 7) is 5.65. The molecule has 1 atom stereocenters. The number of hydrogen-bond donors (Lipinski definition) is 0. The highest BCUT2D eigenvalue weighted by molar-refractivity contribution is 7.13. The van der Waals surface area contributed by atoms with Gasteiger partial charge in [-0.05, 0) is 26.0 Å². The molecule has 0 spiro atoms. The summed E-state index contributed by atoms with van der Waals surface area (Å²) in [6.07, 6.45) is 1.29. The SMILES string of the molecule is Cc1nc(C)c(C(=O)N2CCOC(COc3ncnc4ccccc34)C2)s1. The molecule has 0 bridgehead atoms. The lowest BCUT2D eigenvalue weighted by Crippen LogP contribution is -2.47. The van der Waals surface area contributed by atoms with Gasteiger partial charge >= 0.3 is 0 Å². The number of aromatic nitrogens is 3. The van der Waals surface area contributed by atoms with Crippen molar-refractivity contribution < 1.29 is 14.3 Å². The highest BCUT2D eigenvalue weighted by atomic mass is 32.1. The molecule has 0 saturated carbocycles. The molecule has 0 radical (unpaired) electrons. The summed E-state index contributed by atoms with van der Waals surface area (Å²) in [5, 5.41) is 1.76. The van der Waals surface area contributed by atoms with Crippen molar-refractivity contribution in [3.8, 4) is 5.88 Å². The molecule has 1 fully saturated rings. The molecular weight excluding hydrogens is 364 g/mol. The van der Waals surface area contributed by atoms with Gasteiger partial charge in [-0.15, -0.1) is 11.3 Å². The first-order chi connectivity index (χ1) is 13.1. The van der Waals surface area contributed by atoms with E-state index in [0.29, 0.717) is 37.1 Å². The summed E-state index contributed by atoms with van der Waals surface area (Å²) in [7, 11) is 0. The molecule has 140 valence electrons. The number of hydrogen-bond acceptors (Lipinski definition) is 7. The Morgan fingerprint density at radius 1 is 1.33 bits per heavy atom. The number of amides is 1. The molecule has 1 aromatic carbocycles. The van der Waals surface area contributed by atoms with Crippen LogP contribution in [-0.4, -0.2) is 58.2 Å². The van der Waals surface area contributed by atoms with Crippen molar-refractivity contribution in [3.05, 3.63) is 46.2 Å². The van der Waals surface area contributed by atoms with Crippen LogP contribution in [0.3, 0.4) is 0 Å². The van der Waals surface area contributed by atoms with Gasteiger partial charge < -0.3 is 14.4 Å². The van der Waals surface area contributed by atoms with E-state index in [1.807, 2.05) is 43.0 Å². The minimum atomic E-state index is -0.203. The number of para-hydroxylation sites is 1. The number of morpholine rings is 1. The number of nitrogens with zero attached hydrogens (tertiary/aromatic N) is 4. The van der Waals surface area contributed by atoms with Crippen LogP contribution < -0.4 is 4.74 Å². The summed E-state index contributed by atoms with van der Waals surface area (Å²) in [5.74, 6) is 0.542. The van der Waals surface area contributed by atoms with Crippen molar-refractivity contribution in [3.63, 3.8) is 0 Å². The molecule has 8 heteroatoms. The Morgan fingerprint density at radius 3 is 3.00 bits per heavy atom. The van der Waals surface area contributed by atoms with Crippen LogP contribution in [0.25, 0.3) is 10.9 Å². The zero-order chi connectivity index (χ0) is 18.8. The van der Waals surface area contributed by atoms with Crippen molar-refractivity contribution in [2.45, 2.75) is 20.0 Å². The largest absolute Gasteiger partial charge is 0.474 e. The van der Waals surface area contributed by atoms with Gasteiger partial charge in [0.2, 0.25) is 5.88 Å². The lowest BCUT2D eigenvalue weighted by atomic mass is 10.2. The number of ether oxygens (including phenoxy) is 2. The summed E-state index contributed by atoms with van der Waals surface area (Å²) >= 11 is 1.44. The van der Waals surface area contributed by atoms with Crippen LogP contribution in [0.2, 0.25) is 0 Å². The standard InChI is InChI=1S/C19H20N4O3S/c1-12-17(27-13(2)22-12)19(24)23-7-8-25-14(9-23)10-26-18-15-5-3-4-6-16(15)20-11-21-18/h3-6,11,14H,7-10H2,1-2H3. The molecule has 1 unspecified atom stereocenters. The molecular formula is C19H20N4O3S. The van der Waals surface area contributed by atoms with Gasteiger partial charge in [-0.2, -0.15) is 0 Å². The molecule has 3 heterocycles. The minimum Gasteiger partial charge on any atom is -0.474 e. The third kappa shape index (κ3) is 3.77. The molecule has 1 saturated heterocycles. The first-order valence-corrected chi connectivity index (χ1v) is 9.61. The van der Waals surface area contributed by atoms with Crippen molar-refractivity contribution in [1.82, 2.24) is 19.9 Å². The van der Waals surface area contributed by atoms with Crippen LogP contribution in [-0.2, 0) is 4.74 Å². The third-order valence-electron chi connectivity index (χ3n) is 4.44. The van der Waals surface area contributed by atoms with E-state index in [0.717, 1.165) is 21.6 Å². The molecule has 0 aliphatic carbocycles. The maximum Gasteiger partial charge on any atom is 0.266 e. The number of fused-ring (bicyclic) bond motifs is 1. The lowest BCUT2D eigenvalue weighted by molar-refractivity contribution is -0.0404. The summed E-state index contributed by atoms with van der Waals surface area (Å²) in [4.78, 5) is 28.1. The Bertz CT molecular complexity index is 969. The van der Waals surface area contributed by atoms with Crippen LogP contribution in [0.5, 0.6) is 5.88 Å². The van der Waals surface area contributed by atoms with Crippen LogP contribution in [0.4, 0.5) is 0 Å². The van der Waals surface area contributed by atoms with E-state index in [4.69, 9.17) is 9.47 Å². The predicted molar refractivity (Wildman–Crippen MR) is 102 cm³/mol. The topological polar surface area (TPSA) is 77.4 Å². The van der Waals surface area contributed by atoms with Crippen molar-refractivity contribution >= 4 is 28.1 Å². The number of benzene rings is 1. The second kappa shape index (κ2) is 7.58. The first kappa shape index (κ1) is 17.8. The second-order valence-corrected chi connectivity index (χ2v) is 7.60. The van der Waals surface area contributed by atoms with E-state index < -0.39 is 0 Å². The maximum atomic E-state index is 12.8. The predicted octanol–water partition coefficient (Wildman–Crippen LogP) is 2.62. The molecule has 1 aliphatic heterocycles. The molecule has 1 aliphatic rings. The van der Waals surface area contributed by atoms with E-state index in [9.17, 15) is 4.79 Å². The van der Waals surface area contributed by atoms with Crippen molar-refractivity contribution in [2.24, 2.45) is 0 Å². The first-order valence-electron chi connectivity index (χ1n) is 8.79. The van der Waals surface area contributed by atoms with E-state index in [1.165, 1.54) is 17.7 Å². The monoisotopic (exact) mass is 384 g/mol. The fraction of sp³-hybridized carbons (Fsp3) is 0.368. The average molecular weight is 384 g/mol. The third-order valence-corrected chi connectivity index (χ3v) is 5.50. The fourth-order valence-electron chi connectivity index (χ4n) is 3.14. The van der Waals surface area contributed by atoms with Crippen LogP contribution in [0.15, 0.2) is 30.6 Å². The number of thiazole rings is 1. The quantitative estimate of drug-likeness (QED) is 0.688. The average Bonchev–Trinajstić information content (AvgIpc) is 3.04. The second-order valence-electron chi connectivity index (χ2n) is 6.40. The summed E-state index contributed by atoms with van der Waals surface area (Å²) in [6, 6.07) is 7.70. The number of aryl methyl sites for hydroxylation is 2. The minimum absolute atomic E-state index is 0.0129. The van der Waals surface area contributed by atoms with Gasteiger partial charge in [-0.25, -0.2) is 15.0 Å². The molecule has 0 N–H and O–H groups in total. The Labute approximate surface area is 161 Å². The summed E-state index contributed by atoms with van der Waals surface area (Å²) in [5.41, 5.74) is 1.62. The number of rotatable bonds is 4. The maximum absolute atomic E-state index is 12.8. The van der Waals surface area contributed by atoms with Gasteiger partial charge in [-0.3, -0.25) is 4.79 Å². The van der Waals surface area contributed by atoms with E-state index >= 15 is 0 Å². The molecule has 3 aromatic rings. The van der Waals surface area contributed by atoms with Crippen molar-refractivity contribution in [2.75, 3.05) is 26.3 Å². The molecule has 27 heavy (non-hydrogen) atoms. The van der Waals surface area contributed by atoms with Crippen molar-refractivity contribution in [1.29, 1.82) is 0 Å². The fourth-order valence-corrected chi connectivity index (χ4v) is 4.03. The highest BCUT2D eigenvalue weighted by Gasteiger charge is 2.28. The molecule has 4 rings (SSSR count). The Hall–Kier alpha value is -2.58. The van der Waals surface area contributed by atoms with E-state index in [2.05, 4.69) is 15.0 Å². The molecule has 2 aromatic heterocycles. The van der Waals surface area contributed by atoms with E-state index in [-0.39, 0.29) is 12.0 Å². The molecule has 7 nitrogen and oxygen atoms in total. The normalized spacial score (nSPS) is 17.3. The van der Waals surface area contributed by atoms with Gasteiger partial charge in [0.1, 0.15) is 23.9 Å². The molecule has 1 amide bonds. The van der Waals surface area contributed by atoms with Gasteiger partial charge in [0.05, 0.1) is 34.8 Å².